The Hall–Kier alpha value is -0.620. The van der Waals surface area contributed by atoms with Gasteiger partial charge in [-0.05, 0) is 44.0 Å². The smallest absolute Gasteiger partial charge is 0.326 e. The molecule has 0 bridgehead atoms. The highest BCUT2D eigenvalue weighted by Gasteiger charge is 2.21. The summed E-state index contributed by atoms with van der Waals surface area (Å²) >= 11 is 6.27. The van der Waals surface area contributed by atoms with Crippen LogP contribution in [-0.4, -0.2) is 12.0 Å². The van der Waals surface area contributed by atoms with Gasteiger partial charge in [0.25, 0.3) is 0 Å². The predicted molar refractivity (Wildman–Crippen MR) is 55.0 cm³/mol. The Kier molecular flexibility index (Phi) is 3.27. The standard InChI is InChI=1S/C7H5Br2NO3/c1-13-5-3-2-4(8)6(9)7(5)10(11)12/h2-3H,1H3. The molecule has 0 spiro atoms. The molecule has 0 saturated carbocycles. The lowest BCUT2D eigenvalue weighted by Crippen LogP contribution is -1.94. The van der Waals surface area contributed by atoms with E-state index in [4.69, 9.17) is 4.74 Å². The maximum absolute atomic E-state index is 10.6. The van der Waals surface area contributed by atoms with Crippen molar-refractivity contribution in [2.75, 3.05) is 7.11 Å². The van der Waals surface area contributed by atoms with Crippen LogP contribution in [0, 0.1) is 10.1 Å². The number of nitrogens with zero attached hydrogens (tertiary/aromatic N) is 1. The van der Waals surface area contributed by atoms with E-state index in [1.54, 1.807) is 6.07 Å². The summed E-state index contributed by atoms with van der Waals surface area (Å²) in [6.45, 7) is 0. The predicted octanol–water partition coefficient (Wildman–Crippen LogP) is 3.13. The molecule has 1 rings (SSSR count). The van der Waals surface area contributed by atoms with E-state index >= 15 is 0 Å². The number of nitro groups is 1. The van der Waals surface area contributed by atoms with E-state index in [-0.39, 0.29) is 11.4 Å². The second-order valence-electron chi connectivity index (χ2n) is 2.17. The molecule has 0 heterocycles. The number of hydrogen-bond acceptors (Lipinski definition) is 3. The summed E-state index contributed by atoms with van der Waals surface area (Å²) in [5, 5.41) is 10.6. The van der Waals surface area contributed by atoms with Gasteiger partial charge in [0.1, 0.15) is 4.47 Å². The maximum Gasteiger partial charge on any atom is 0.326 e. The van der Waals surface area contributed by atoms with E-state index in [0.717, 1.165) is 0 Å². The molecule has 0 aliphatic heterocycles. The Bertz CT molecular complexity index is 354. The third-order valence-corrected chi connectivity index (χ3v) is 3.43. The van der Waals surface area contributed by atoms with Crippen LogP contribution in [0.5, 0.6) is 5.75 Å². The van der Waals surface area contributed by atoms with Crippen LogP contribution in [-0.2, 0) is 0 Å². The Morgan fingerprint density at radius 3 is 2.54 bits per heavy atom. The number of methoxy groups -OCH3 is 1. The third-order valence-electron chi connectivity index (χ3n) is 1.43. The Morgan fingerprint density at radius 1 is 1.46 bits per heavy atom. The first-order valence-electron chi connectivity index (χ1n) is 3.24. The Morgan fingerprint density at radius 2 is 2.08 bits per heavy atom. The van der Waals surface area contributed by atoms with Gasteiger partial charge in [-0.15, -0.1) is 0 Å². The highest BCUT2D eigenvalue weighted by Crippen LogP contribution is 2.39. The van der Waals surface area contributed by atoms with Gasteiger partial charge in [-0.3, -0.25) is 10.1 Å². The molecule has 6 heteroatoms. The average Bonchev–Trinajstić information content (AvgIpc) is 2.08. The summed E-state index contributed by atoms with van der Waals surface area (Å²) < 4.78 is 5.86. The topological polar surface area (TPSA) is 52.4 Å². The SMILES string of the molecule is COc1ccc(Br)c(Br)c1[N+](=O)[O-]. The van der Waals surface area contributed by atoms with Crippen molar-refractivity contribution >= 4 is 37.5 Å². The van der Waals surface area contributed by atoms with Crippen molar-refractivity contribution in [2.24, 2.45) is 0 Å². The van der Waals surface area contributed by atoms with Crippen molar-refractivity contribution < 1.29 is 9.66 Å². The highest BCUT2D eigenvalue weighted by molar-refractivity contribution is 9.13. The molecule has 0 atom stereocenters. The number of benzene rings is 1. The molecular weight excluding hydrogens is 306 g/mol. The number of halogens is 2. The summed E-state index contributed by atoms with van der Waals surface area (Å²) in [6.07, 6.45) is 0. The summed E-state index contributed by atoms with van der Waals surface area (Å²) in [7, 11) is 1.39. The number of rotatable bonds is 2. The molecular formula is C7H5Br2NO3. The summed E-state index contributed by atoms with van der Waals surface area (Å²) in [6, 6.07) is 3.21. The van der Waals surface area contributed by atoms with E-state index in [2.05, 4.69) is 31.9 Å². The molecule has 0 aromatic heterocycles. The van der Waals surface area contributed by atoms with Crippen molar-refractivity contribution in [1.82, 2.24) is 0 Å². The van der Waals surface area contributed by atoms with E-state index in [9.17, 15) is 10.1 Å². The van der Waals surface area contributed by atoms with E-state index in [0.29, 0.717) is 8.95 Å². The number of nitro benzene ring substituents is 1. The van der Waals surface area contributed by atoms with Crippen LogP contribution >= 0.6 is 31.9 Å². The van der Waals surface area contributed by atoms with Crippen molar-refractivity contribution in [3.05, 3.63) is 31.2 Å². The van der Waals surface area contributed by atoms with Crippen molar-refractivity contribution in [1.29, 1.82) is 0 Å². The first-order valence-corrected chi connectivity index (χ1v) is 4.83. The average molecular weight is 311 g/mol. The van der Waals surface area contributed by atoms with Crippen LogP contribution < -0.4 is 4.74 Å². The van der Waals surface area contributed by atoms with Gasteiger partial charge >= 0.3 is 5.69 Å². The van der Waals surface area contributed by atoms with Crippen LogP contribution in [0.3, 0.4) is 0 Å². The molecule has 0 radical (unpaired) electrons. The maximum atomic E-state index is 10.6. The minimum absolute atomic E-state index is 0.0723. The molecule has 13 heavy (non-hydrogen) atoms. The lowest BCUT2D eigenvalue weighted by Gasteiger charge is -2.03. The third kappa shape index (κ3) is 2.00. The number of hydrogen-bond donors (Lipinski definition) is 0. The van der Waals surface area contributed by atoms with E-state index < -0.39 is 4.92 Å². The van der Waals surface area contributed by atoms with Gasteiger partial charge in [0, 0.05) is 4.47 Å². The van der Waals surface area contributed by atoms with Gasteiger partial charge in [0.05, 0.1) is 12.0 Å². The molecule has 0 N–H and O–H groups in total. The van der Waals surface area contributed by atoms with Crippen molar-refractivity contribution in [3.8, 4) is 5.75 Å². The van der Waals surface area contributed by atoms with Gasteiger partial charge < -0.3 is 4.74 Å². The second kappa shape index (κ2) is 4.06. The zero-order chi connectivity index (χ0) is 10.0. The molecule has 4 nitrogen and oxygen atoms in total. The summed E-state index contributed by atoms with van der Waals surface area (Å²) in [5.74, 6) is 0.236. The normalized spacial score (nSPS) is 9.77. The van der Waals surface area contributed by atoms with Crippen LogP contribution in [0.25, 0.3) is 0 Å². The first kappa shape index (κ1) is 10.5. The quantitative estimate of drug-likeness (QED) is 0.623. The lowest BCUT2D eigenvalue weighted by atomic mass is 10.3. The molecule has 70 valence electrons. The molecule has 1 aromatic carbocycles. The molecule has 0 aliphatic carbocycles. The van der Waals surface area contributed by atoms with Gasteiger partial charge in [-0.25, -0.2) is 0 Å². The van der Waals surface area contributed by atoms with Crippen LogP contribution in [0.4, 0.5) is 5.69 Å². The van der Waals surface area contributed by atoms with Crippen molar-refractivity contribution in [3.63, 3.8) is 0 Å². The largest absolute Gasteiger partial charge is 0.490 e. The van der Waals surface area contributed by atoms with E-state index in [1.807, 2.05) is 0 Å². The fourth-order valence-electron chi connectivity index (χ4n) is 0.857. The Balaban J connectivity index is 3.41. The van der Waals surface area contributed by atoms with Crippen LogP contribution in [0.1, 0.15) is 0 Å². The molecule has 1 aromatic rings. The molecule has 0 fully saturated rings. The molecule has 0 saturated heterocycles. The fourth-order valence-corrected chi connectivity index (χ4v) is 1.65. The minimum Gasteiger partial charge on any atom is -0.490 e. The zero-order valence-corrected chi connectivity index (χ0v) is 9.75. The monoisotopic (exact) mass is 309 g/mol. The molecule has 0 aliphatic rings. The van der Waals surface area contributed by atoms with Crippen LogP contribution in [0.15, 0.2) is 21.1 Å². The van der Waals surface area contributed by atoms with Crippen LogP contribution in [0.2, 0.25) is 0 Å². The van der Waals surface area contributed by atoms with Gasteiger partial charge in [0.15, 0.2) is 5.75 Å². The van der Waals surface area contributed by atoms with Gasteiger partial charge in [-0.1, -0.05) is 0 Å². The second-order valence-corrected chi connectivity index (χ2v) is 3.82. The molecule has 0 amide bonds. The zero-order valence-electron chi connectivity index (χ0n) is 6.58. The van der Waals surface area contributed by atoms with Crippen molar-refractivity contribution in [2.45, 2.75) is 0 Å². The fraction of sp³-hybridized carbons (Fsp3) is 0.143. The highest BCUT2D eigenvalue weighted by atomic mass is 79.9. The summed E-state index contributed by atoms with van der Waals surface area (Å²) in [4.78, 5) is 10.1. The minimum atomic E-state index is -0.492. The van der Waals surface area contributed by atoms with E-state index in [1.165, 1.54) is 13.2 Å². The van der Waals surface area contributed by atoms with Gasteiger partial charge in [0.2, 0.25) is 0 Å². The first-order chi connectivity index (χ1) is 6.07. The number of ether oxygens (including phenoxy) is 1. The lowest BCUT2D eigenvalue weighted by molar-refractivity contribution is -0.386. The molecule has 0 unspecified atom stereocenters. The summed E-state index contributed by atoms with van der Waals surface area (Å²) in [5.41, 5.74) is -0.0723. The Labute approximate surface area is 91.3 Å². The van der Waals surface area contributed by atoms with Gasteiger partial charge in [-0.2, -0.15) is 0 Å².